The highest BCUT2D eigenvalue weighted by Crippen LogP contribution is 2.35. The van der Waals surface area contributed by atoms with Crippen LogP contribution in [0.3, 0.4) is 0 Å². The van der Waals surface area contributed by atoms with Crippen molar-refractivity contribution in [3.63, 3.8) is 0 Å². The first-order valence-corrected chi connectivity index (χ1v) is 13.1. The van der Waals surface area contributed by atoms with Gasteiger partial charge in [0.15, 0.2) is 6.61 Å². The normalized spacial score (nSPS) is 20.9. The zero-order valence-electron chi connectivity index (χ0n) is 18.8. The number of anilines is 1. The molecule has 1 aromatic rings. The number of nitrogens with zero attached hydrogens (tertiary/aromatic N) is 3. The van der Waals surface area contributed by atoms with E-state index in [9.17, 15) is 18.0 Å². The summed E-state index contributed by atoms with van der Waals surface area (Å²) in [5.74, 6) is -0.0568. The van der Waals surface area contributed by atoms with Gasteiger partial charge in [0.05, 0.1) is 10.6 Å². The van der Waals surface area contributed by atoms with E-state index in [-0.39, 0.29) is 35.9 Å². The van der Waals surface area contributed by atoms with Gasteiger partial charge in [-0.15, -0.1) is 0 Å². The van der Waals surface area contributed by atoms with Gasteiger partial charge in [-0.3, -0.25) is 14.5 Å². The third-order valence-electron chi connectivity index (χ3n) is 6.89. The van der Waals surface area contributed by atoms with Gasteiger partial charge < -0.3 is 9.64 Å². The lowest BCUT2D eigenvalue weighted by molar-refractivity contribution is -0.133. The standard InChI is InChI=1S/C23H33N3O5S/c1-24(18-9-5-4-6-10-18)22(27)16-26-20-15-19(11-12-21(20)31-17-23(26)28)32(29,30)25-13-7-2-3-8-14-25/h11-12,15,18H,2-10,13-14,16-17H2,1H3. The molecule has 0 unspecified atom stereocenters. The van der Waals surface area contributed by atoms with Gasteiger partial charge in [0.1, 0.15) is 12.3 Å². The number of hydrogen-bond acceptors (Lipinski definition) is 5. The summed E-state index contributed by atoms with van der Waals surface area (Å²) in [6.07, 6.45) is 9.13. The summed E-state index contributed by atoms with van der Waals surface area (Å²) >= 11 is 0. The Labute approximate surface area is 190 Å². The minimum absolute atomic E-state index is 0.116. The molecular formula is C23H33N3O5S. The molecule has 9 heteroatoms. The van der Waals surface area contributed by atoms with Crippen molar-refractivity contribution in [1.82, 2.24) is 9.21 Å². The highest BCUT2D eigenvalue weighted by Gasteiger charge is 2.33. The number of benzene rings is 1. The lowest BCUT2D eigenvalue weighted by Gasteiger charge is -2.34. The molecule has 0 radical (unpaired) electrons. The minimum atomic E-state index is -3.68. The number of ether oxygens (including phenoxy) is 1. The number of hydrogen-bond donors (Lipinski definition) is 0. The number of amides is 2. The average Bonchev–Trinajstić information content (AvgIpc) is 3.11. The van der Waals surface area contributed by atoms with E-state index in [0.717, 1.165) is 51.4 Å². The second-order valence-electron chi connectivity index (χ2n) is 9.01. The van der Waals surface area contributed by atoms with Gasteiger partial charge in [-0.25, -0.2) is 8.42 Å². The SMILES string of the molecule is CN(C(=O)CN1C(=O)COc2ccc(S(=O)(=O)N3CCCCCC3)cc21)C1CCCCC1. The molecule has 1 aromatic carbocycles. The highest BCUT2D eigenvalue weighted by atomic mass is 32.2. The molecule has 0 N–H and O–H groups in total. The molecule has 32 heavy (non-hydrogen) atoms. The van der Waals surface area contributed by atoms with Crippen molar-refractivity contribution in [2.75, 3.05) is 38.2 Å². The van der Waals surface area contributed by atoms with Crippen LogP contribution >= 0.6 is 0 Å². The summed E-state index contributed by atoms with van der Waals surface area (Å²) in [4.78, 5) is 28.9. The van der Waals surface area contributed by atoms with Crippen LogP contribution in [0.15, 0.2) is 23.1 Å². The Morgan fingerprint density at radius 3 is 2.41 bits per heavy atom. The van der Waals surface area contributed by atoms with Crippen LogP contribution in [0.25, 0.3) is 0 Å². The Morgan fingerprint density at radius 1 is 1.06 bits per heavy atom. The van der Waals surface area contributed by atoms with Crippen molar-refractivity contribution < 1.29 is 22.7 Å². The van der Waals surface area contributed by atoms with E-state index in [1.165, 1.54) is 27.8 Å². The maximum Gasteiger partial charge on any atom is 0.265 e. The van der Waals surface area contributed by atoms with E-state index < -0.39 is 10.0 Å². The molecule has 0 atom stereocenters. The quantitative estimate of drug-likeness (QED) is 0.670. The number of carbonyl (C=O) groups excluding carboxylic acids is 2. The fraction of sp³-hybridized carbons (Fsp3) is 0.652. The first kappa shape index (κ1) is 23.0. The van der Waals surface area contributed by atoms with Crippen LogP contribution in [0, 0.1) is 0 Å². The van der Waals surface area contributed by atoms with Crippen molar-refractivity contribution in [1.29, 1.82) is 0 Å². The molecule has 3 aliphatic rings. The Bertz CT molecular complexity index is 950. The summed E-state index contributed by atoms with van der Waals surface area (Å²) < 4.78 is 33.6. The van der Waals surface area contributed by atoms with Crippen molar-refractivity contribution >= 4 is 27.5 Å². The third-order valence-corrected chi connectivity index (χ3v) is 8.78. The van der Waals surface area contributed by atoms with Crippen LogP contribution in [-0.2, 0) is 19.6 Å². The van der Waals surface area contributed by atoms with E-state index in [1.807, 2.05) is 0 Å². The average molecular weight is 464 g/mol. The number of rotatable bonds is 5. The fourth-order valence-electron chi connectivity index (χ4n) is 4.87. The molecule has 2 amide bonds. The summed E-state index contributed by atoms with van der Waals surface area (Å²) in [5.41, 5.74) is 0.350. The molecule has 0 aromatic heterocycles. The predicted molar refractivity (Wildman–Crippen MR) is 121 cm³/mol. The van der Waals surface area contributed by atoms with Crippen molar-refractivity contribution in [2.24, 2.45) is 0 Å². The largest absolute Gasteiger partial charge is 0.482 e. The Hall–Kier alpha value is -2.13. The second-order valence-corrected chi connectivity index (χ2v) is 11.0. The topological polar surface area (TPSA) is 87.2 Å². The van der Waals surface area contributed by atoms with E-state index in [4.69, 9.17) is 4.74 Å². The zero-order chi connectivity index (χ0) is 22.7. The smallest absolute Gasteiger partial charge is 0.265 e. The molecule has 0 spiro atoms. The number of likely N-dealkylation sites (N-methyl/N-ethyl adjacent to an activating group) is 1. The molecule has 2 heterocycles. The van der Waals surface area contributed by atoms with Gasteiger partial charge in [0.2, 0.25) is 15.9 Å². The minimum Gasteiger partial charge on any atom is -0.482 e. The third kappa shape index (κ3) is 4.78. The van der Waals surface area contributed by atoms with Crippen LogP contribution < -0.4 is 9.64 Å². The lowest BCUT2D eigenvalue weighted by atomic mass is 9.94. The van der Waals surface area contributed by atoms with Gasteiger partial charge in [0, 0.05) is 26.2 Å². The predicted octanol–water partition coefficient (Wildman–Crippen LogP) is 2.77. The molecule has 2 aliphatic heterocycles. The van der Waals surface area contributed by atoms with E-state index in [1.54, 1.807) is 18.0 Å². The van der Waals surface area contributed by atoms with Crippen LogP contribution in [-0.4, -0.2) is 68.8 Å². The molecular weight excluding hydrogens is 430 g/mol. The highest BCUT2D eigenvalue weighted by molar-refractivity contribution is 7.89. The zero-order valence-corrected chi connectivity index (χ0v) is 19.6. The number of sulfonamides is 1. The van der Waals surface area contributed by atoms with Crippen LogP contribution in [0.4, 0.5) is 5.69 Å². The lowest BCUT2D eigenvalue weighted by Crippen LogP contribution is -2.48. The Morgan fingerprint density at radius 2 is 1.72 bits per heavy atom. The molecule has 1 saturated carbocycles. The maximum absolute atomic E-state index is 13.3. The molecule has 1 aliphatic carbocycles. The molecule has 176 valence electrons. The monoisotopic (exact) mass is 463 g/mol. The molecule has 8 nitrogen and oxygen atoms in total. The second kappa shape index (κ2) is 9.79. The summed E-state index contributed by atoms with van der Waals surface area (Å²) in [5, 5.41) is 0. The molecule has 2 fully saturated rings. The van der Waals surface area contributed by atoms with Crippen molar-refractivity contribution in [3.8, 4) is 5.75 Å². The van der Waals surface area contributed by atoms with Crippen LogP contribution in [0.1, 0.15) is 57.8 Å². The van der Waals surface area contributed by atoms with Gasteiger partial charge in [0.25, 0.3) is 5.91 Å². The van der Waals surface area contributed by atoms with Gasteiger partial charge >= 0.3 is 0 Å². The van der Waals surface area contributed by atoms with Gasteiger partial charge in [-0.05, 0) is 43.9 Å². The van der Waals surface area contributed by atoms with Crippen molar-refractivity contribution in [3.05, 3.63) is 18.2 Å². The van der Waals surface area contributed by atoms with Crippen LogP contribution in [0.2, 0.25) is 0 Å². The van der Waals surface area contributed by atoms with Crippen molar-refractivity contribution in [2.45, 2.75) is 68.7 Å². The summed E-state index contributed by atoms with van der Waals surface area (Å²) in [6, 6.07) is 4.81. The molecule has 1 saturated heterocycles. The Balaban J connectivity index is 1.57. The molecule has 4 rings (SSSR count). The fourth-order valence-corrected chi connectivity index (χ4v) is 6.40. The summed E-state index contributed by atoms with van der Waals surface area (Å²) in [6.45, 7) is 0.730. The first-order valence-electron chi connectivity index (χ1n) is 11.7. The van der Waals surface area contributed by atoms with Gasteiger partial charge in [-0.2, -0.15) is 4.31 Å². The maximum atomic E-state index is 13.3. The van der Waals surface area contributed by atoms with Crippen LogP contribution in [0.5, 0.6) is 5.75 Å². The number of fused-ring (bicyclic) bond motifs is 1. The number of carbonyl (C=O) groups is 2. The first-order chi connectivity index (χ1) is 15.4. The van der Waals surface area contributed by atoms with E-state index >= 15 is 0 Å². The molecule has 0 bridgehead atoms. The van der Waals surface area contributed by atoms with E-state index in [0.29, 0.717) is 24.5 Å². The Kier molecular flexibility index (Phi) is 7.05. The van der Waals surface area contributed by atoms with Gasteiger partial charge in [-0.1, -0.05) is 32.1 Å². The van der Waals surface area contributed by atoms with E-state index in [2.05, 4.69) is 0 Å². The summed E-state index contributed by atoms with van der Waals surface area (Å²) in [7, 11) is -1.88.